The van der Waals surface area contributed by atoms with Crippen LogP contribution in [0.15, 0.2) is 12.7 Å². The first-order valence-electron chi connectivity index (χ1n) is 6.47. The van der Waals surface area contributed by atoms with Crippen molar-refractivity contribution in [3.05, 3.63) is 12.7 Å². The van der Waals surface area contributed by atoms with Gasteiger partial charge in [0.15, 0.2) is 23.2 Å². The highest BCUT2D eigenvalue weighted by atomic mass is 35.5. The topological polar surface area (TPSA) is 96.5 Å². The van der Waals surface area contributed by atoms with Gasteiger partial charge in [0, 0.05) is 14.1 Å². The van der Waals surface area contributed by atoms with Crippen LogP contribution in [0.5, 0.6) is 0 Å². The minimum absolute atomic E-state index is 0.0965. The van der Waals surface area contributed by atoms with Gasteiger partial charge in [-0.1, -0.05) is 0 Å². The molecular weight excluding hydrogens is 299 g/mol. The second-order valence-corrected chi connectivity index (χ2v) is 5.42. The van der Waals surface area contributed by atoms with Crippen LogP contribution in [0.4, 0.5) is 5.82 Å². The summed E-state index contributed by atoms with van der Waals surface area (Å²) in [6, 6.07) is 0. The smallest absolute Gasteiger partial charge is 0.167 e. The van der Waals surface area contributed by atoms with Crippen molar-refractivity contribution >= 4 is 28.6 Å². The number of hydrogen-bond acceptors (Lipinski definition) is 7. The lowest BCUT2D eigenvalue weighted by molar-refractivity contribution is -0.0291. The van der Waals surface area contributed by atoms with Crippen molar-refractivity contribution in [2.75, 3.05) is 24.9 Å². The van der Waals surface area contributed by atoms with E-state index < -0.39 is 24.5 Å². The molecule has 1 aliphatic rings. The molecular formula is C12H16ClN5O3. The summed E-state index contributed by atoms with van der Waals surface area (Å²) in [6.45, 7) is 0. The number of aliphatic hydroxyl groups is 2. The lowest BCUT2D eigenvalue weighted by Gasteiger charge is -2.17. The maximum atomic E-state index is 10.1. The number of alkyl halides is 1. The molecule has 1 aliphatic heterocycles. The minimum atomic E-state index is -1.09. The molecule has 8 nitrogen and oxygen atoms in total. The molecule has 0 unspecified atom stereocenters. The Morgan fingerprint density at radius 2 is 2.05 bits per heavy atom. The summed E-state index contributed by atoms with van der Waals surface area (Å²) in [5.41, 5.74) is 1.13. The molecule has 0 spiro atoms. The molecule has 0 saturated carbocycles. The fraction of sp³-hybridized carbons (Fsp3) is 0.583. The van der Waals surface area contributed by atoms with E-state index in [0.29, 0.717) is 17.0 Å². The van der Waals surface area contributed by atoms with Crippen LogP contribution in [0.25, 0.3) is 11.2 Å². The molecule has 2 aromatic rings. The van der Waals surface area contributed by atoms with Crippen LogP contribution >= 0.6 is 11.6 Å². The summed E-state index contributed by atoms with van der Waals surface area (Å²) in [5.74, 6) is 0.764. The number of hydrogen-bond donors (Lipinski definition) is 2. The maximum Gasteiger partial charge on any atom is 0.167 e. The molecule has 21 heavy (non-hydrogen) atoms. The van der Waals surface area contributed by atoms with E-state index in [1.165, 1.54) is 12.7 Å². The Morgan fingerprint density at radius 1 is 1.29 bits per heavy atom. The number of rotatable bonds is 3. The van der Waals surface area contributed by atoms with Gasteiger partial charge >= 0.3 is 0 Å². The van der Waals surface area contributed by atoms with Gasteiger partial charge in [-0.05, 0) is 0 Å². The highest BCUT2D eigenvalue weighted by molar-refractivity contribution is 6.18. The van der Waals surface area contributed by atoms with Crippen LogP contribution < -0.4 is 4.90 Å². The van der Waals surface area contributed by atoms with E-state index >= 15 is 0 Å². The summed E-state index contributed by atoms with van der Waals surface area (Å²) >= 11 is 5.73. The van der Waals surface area contributed by atoms with Gasteiger partial charge in [0.05, 0.1) is 12.2 Å². The van der Waals surface area contributed by atoms with Gasteiger partial charge in [0.25, 0.3) is 0 Å². The fourth-order valence-electron chi connectivity index (χ4n) is 2.44. The maximum absolute atomic E-state index is 10.1. The fourth-order valence-corrected chi connectivity index (χ4v) is 2.69. The van der Waals surface area contributed by atoms with Crippen molar-refractivity contribution in [3.63, 3.8) is 0 Å². The van der Waals surface area contributed by atoms with Crippen molar-refractivity contribution in [3.8, 4) is 0 Å². The Morgan fingerprint density at radius 3 is 2.67 bits per heavy atom. The van der Waals surface area contributed by atoms with Gasteiger partial charge in [-0.15, -0.1) is 11.6 Å². The molecule has 0 amide bonds. The van der Waals surface area contributed by atoms with Crippen LogP contribution in [0.1, 0.15) is 6.23 Å². The average Bonchev–Trinajstić information content (AvgIpc) is 3.01. The Bertz CT molecular complexity index is 649. The first-order chi connectivity index (χ1) is 10.0. The summed E-state index contributed by atoms with van der Waals surface area (Å²) in [6.07, 6.45) is -0.599. The quantitative estimate of drug-likeness (QED) is 0.595. The molecule has 0 radical (unpaired) electrons. The second-order valence-electron chi connectivity index (χ2n) is 5.12. The molecule has 0 aliphatic carbocycles. The van der Waals surface area contributed by atoms with E-state index in [9.17, 15) is 10.2 Å². The van der Waals surface area contributed by atoms with Gasteiger partial charge in [-0.2, -0.15) is 0 Å². The summed E-state index contributed by atoms with van der Waals surface area (Å²) in [5, 5.41) is 20.0. The molecule has 4 atom stereocenters. The number of aromatic nitrogens is 4. The number of imidazole rings is 1. The predicted octanol–water partition coefficient (Wildman–Crippen LogP) is -0.250. The van der Waals surface area contributed by atoms with Crippen molar-refractivity contribution in [1.82, 2.24) is 19.5 Å². The molecule has 9 heteroatoms. The predicted molar refractivity (Wildman–Crippen MR) is 76.3 cm³/mol. The molecule has 114 valence electrons. The first kappa shape index (κ1) is 14.5. The Balaban J connectivity index is 2.04. The number of nitrogens with zero attached hydrogens (tertiary/aromatic N) is 5. The number of fused-ring (bicyclic) bond motifs is 1. The molecule has 0 bridgehead atoms. The van der Waals surface area contributed by atoms with E-state index in [-0.39, 0.29) is 5.88 Å². The standard InChI is InChI=1S/C12H16ClN5O3/c1-17(2)10-7-11(15-4-14-10)18(5-16-7)12-9(20)8(19)6(3-13)21-12/h4-6,8-9,12,19-20H,3H2,1-2H3/t6-,8-,9-,12-/m1/s1/i3+1. The largest absolute Gasteiger partial charge is 0.387 e. The van der Waals surface area contributed by atoms with Crippen LogP contribution in [0.3, 0.4) is 0 Å². The van der Waals surface area contributed by atoms with Gasteiger partial charge in [-0.3, -0.25) is 4.57 Å². The van der Waals surface area contributed by atoms with E-state index in [0.717, 1.165) is 0 Å². The Kier molecular flexibility index (Phi) is 3.70. The van der Waals surface area contributed by atoms with Gasteiger partial charge in [-0.25, -0.2) is 15.0 Å². The molecule has 3 heterocycles. The third kappa shape index (κ3) is 2.24. The van der Waals surface area contributed by atoms with E-state index in [1.807, 2.05) is 19.0 Å². The van der Waals surface area contributed by atoms with Crippen LogP contribution in [-0.2, 0) is 4.74 Å². The van der Waals surface area contributed by atoms with E-state index in [4.69, 9.17) is 16.3 Å². The monoisotopic (exact) mass is 314 g/mol. The van der Waals surface area contributed by atoms with E-state index in [2.05, 4.69) is 15.0 Å². The summed E-state index contributed by atoms with van der Waals surface area (Å²) < 4.78 is 7.19. The molecule has 1 fully saturated rings. The van der Waals surface area contributed by atoms with Crippen molar-refractivity contribution in [2.24, 2.45) is 0 Å². The van der Waals surface area contributed by atoms with E-state index in [1.54, 1.807) is 4.57 Å². The lowest BCUT2D eigenvalue weighted by Crippen LogP contribution is -2.32. The summed E-state index contributed by atoms with van der Waals surface area (Å²) in [4.78, 5) is 14.5. The zero-order valence-electron chi connectivity index (χ0n) is 11.6. The van der Waals surface area contributed by atoms with Crippen LogP contribution in [0.2, 0.25) is 0 Å². The number of aliphatic hydroxyl groups excluding tert-OH is 2. The minimum Gasteiger partial charge on any atom is -0.387 e. The van der Waals surface area contributed by atoms with Crippen LogP contribution in [0, 0.1) is 0 Å². The highest BCUT2D eigenvalue weighted by Crippen LogP contribution is 2.32. The Hall–Kier alpha value is -1.48. The zero-order valence-corrected chi connectivity index (χ0v) is 12.3. The first-order valence-corrected chi connectivity index (χ1v) is 7.00. The number of halogens is 1. The third-order valence-electron chi connectivity index (χ3n) is 3.53. The molecule has 2 N–H and O–H groups in total. The Labute approximate surface area is 126 Å². The zero-order chi connectivity index (χ0) is 15.1. The molecule has 0 aromatic carbocycles. The molecule has 2 aromatic heterocycles. The van der Waals surface area contributed by atoms with Gasteiger partial charge in [0.2, 0.25) is 0 Å². The van der Waals surface area contributed by atoms with Crippen molar-refractivity contribution in [2.45, 2.75) is 24.5 Å². The number of anilines is 1. The van der Waals surface area contributed by atoms with Crippen molar-refractivity contribution < 1.29 is 14.9 Å². The normalized spacial score (nSPS) is 29.2. The third-order valence-corrected chi connectivity index (χ3v) is 3.83. The molecule has 3 rings (SSSR count). The van der Waals surface area contributed by atoms with Gasteiger partial charge < -0.3 is 19.8 Å². The van der Waals surface area contributed by atoms with Gasteiger partial charge in [0.1, 0.15) is 24.6 Å². The average molecular weight is 315 g/mol. The number of ether oxygens (including phenoxy) is 1. The van der Waals surface area contributed by atoms with Crippen molar-refractivity contribution in [1.29, 1.82) is 0 Å². The SMILES string of the molecule is CN(C)c1ncnc2c1ncn2[C@@H]1O[C@H]([13CH2]Cl)[C@@H](O)[C@H]1O. The highest BCUT2D eigenvalue weighted by Gasteiger charge is 2.43. The summed E-state index contributed by atoms with van der Waals surface area (Å²) in [7, 11) is 3.71. The molecule has 1 saturated heterocycles. The van der Waals surface area contributed by atoms with Crippen LogP contribution in [-0.4, -0.2) is 68.0 Å². The lowest BCUT2D eigenvalue weighted by atomic mass is 10.2. The second kappa shape index (κ2) is 5.38.